The van der Waals surface area contributed by atoms with Gasteiger partial charge in [-0.2, -0.15) is 0 Å². The van der Waals surface area contributed by atoms with Crippen LogP contribution in [-0.2, 0) is 4.74 Å². The molecule has 0 saturated heterocycles. The molecule has 100 valence electrons. The molecule has 0 aromatic heterocycles. The monoisotopic (exact) mass is 242 g/mol. The van der Waals surface area contributed by atoms with E-state index < -0.39 is 0 Å². The van der Waals surface area contributed by atoms with Crippen molar-refractivity contribution in [3.05, 3.63) is 0 Å². The van der Waals surface area contributed by atoms with Gasteiger partial charge in [-0.1, -0.05) is 6.92 Å². The molecule has 17 heavy (non-hydrogen) atoms. The molecule has 1 aliphatic carbocycles. The number of carbonyl (C=O) groups excluding carboxylic acids is 1. The maximum Gasteiger partial charge on any atom is 0.410 e. The van der Waals surface area contributed by atoms with Gasteiger partial charge in [0.1, 0.15) is 5.60 Å². The van der Waals surface area contributed by atoms with Crippen LogP contribution in [0.2, 0.25) is 0 Å². The summed E-state index contributed by atoms with van der Waals surface area (Å²) >= 11 is 0. The van der Waals surface area contributed by atoms with Crippen LogP contribution in [-0.4, -0.2) is 35.7 Å². The molecule has 0 aromatic rings. The van der Waals surface area contributed by atoms with E-state index in [4.69, 9.17) is 10.5 Å². The van der Waals surface area contributed by atoms with Crippen LogP contribution in [0.5, 0.6) is 0 Å². The van der Waals surface area contributed by atoms with Gasteiger partial charge in [0, 0.05) is 19.1 Å². The van der Waals surface area contributed by atoms with E-state index in [1.807, 2.05) is 27.8 Å². The van der Waals surface area contributed by atoms with Crippen molar-refractivity contribution in [3.63, 3.8) is 0 Å². The van der Waals surface area contributed by atoms with Crippen LogP contribution in [0.15, 0.2) is 0 Å². The molecule has 1 rings (SSSR count). The first kappa shape index (κ1) is 14.3. The molecule has 0 spiro atoms. The Morgan fingerprint density at radius 3 is 2.35 bits per heavy atom. The molecule has 0 unspecified atom stereocenters. The summed E-state index contributed by atoms with van der Waals surface area (Å²) in [6.45, 7) is 5.90. The second kappa shape index (κ2) is 5.71. The number of carbonyl (C=O) groups is 1. The zero-order valence-corrected chi connectivity index (χ0v) is 11.5. The van der Waals surface area contributed by atoms with E-state index in [1.54, 1.807) is 4.90 Å². The Morgan fingerprint density at radius 1 is 1.35 bits per heavy atom. The lowest BCUT2D eigenvalue weighted by molar-refractivity contribution is 0.00572. The van der Waals surface area contributed by atoms with Gasteiger partial charge in [0.2, 0.25) is 0 Å². The average Bonchev–Trinajstić information content (AvgIpc) is 2.28. The Balaban J connectivity index is 2.46. The summed E-state index contributed by atoms with van der Waals surface area (Å²) in [7, 11) is 1.83. The third-order valence-electron chi connectivity index (χ3n) is 3.79. The summed E-state index contributed by atoms with van der Waals surface area (Å²) in [4.78, 5) is 13.7. The van der Waals surface area contributed by atoms with Crippen molar-refractivity contribution in [3.8, 4) is 0 Å². The van der Waals surface area contributed by atoms with Gasteiger partial charge in [-0.25, -0.2) is 4.79 Å². The minimum atomic E-state index is -0.379. The van der Waals surface area contributed by atoms with Crippen molar-refractivity contribution in [1.29, 1.82) is 0 Å². The molecule has 4 heteroatoms. The lowest BCUT2D eigenvalue weighted by Gasteiger charge is -2.35. The Kier molecular flexibility index (Phi) is 4.80. The molecule has 0 aromatic carbocycles. The van der Waals surface area contributed by atoms with Crippen LogP contribution in [0, 0.1) is 0 Å². The molecule has 0 atom stereocenters. The van der Waals surface area contributed by atoms with Gasteiger partial charge in [0.05, 0.1) is 0 Å². The molecule has 1 amide bonds. The topological polar surface area (TPSA) is 55.6 Å². The van der Waals surface area contributed by atoms with Gasteiger partial charge < -0.3 is 15.4 Å². The summed E-state index contributed by atoms with van der Waals surface area (Å²) in [6.07, 6.45) is 4.58. The largest absolute Gasteiger partial charge is 0.443 e. The Hall–Kier alpha value is -0.770. The van der Waals surface area contributed by atoms with Gasteiger partial charge in [-0.15, -0.1) is 0 Å². The fourth-order valence-corrected chi connectivity index (χ4v) is 2.02. The van der Waals surface area contributed by atoms with E-state index in [0.29, 0.717) is 6.04 Å². The van der Waals surface area contributed by atoms with Crippen molar-refractivity contribution in [2.75, 3.05) is 7.05 Å². The number of rotatable bonds is 3. The van der Waals surface area contributed by atoms with Crippen LogP contribution >= 0.6 is 0 Å². The molecule has 0 bridgehead atoms. The smallest absolute Gasteiger partial charge is 0.410 e. The Bertz CT molecular complexity index is 258. The van der Waals surface area contributed by atoms with Gasteiger partial charge >= 0.3 is 6.09 Å². The lowest BCUT2D eigenvalue weighted by Crippen LogP contribution is -2.44. The number of amides is 1. The number of nitrogens with two attached hydrogens (primary N) is 1. The number of hydrogen-bond acceptors (Lipinski definition) is 3. The summed E-state index contributed by atoms with van der Waals surface area (Å²) in [6, 6.07) is 0.595. The minimum Gasteiger partial charge on any atom is -0.443 e. The molecular weight excluding hydrogens is 216 g/mol. The normalized spacial score (nSPS) is 25.5. The summed E-state index contributed by atoms with van der Waals surface area (Å²) < 4.78 is 5.48. The van der Waals surface area contributed by atoms with Crippen molar-refractivity contribution in [1.82, 2.24) is 4.90 Å². The molecule has 1 fully saturated rings. The first-order chi connectivity index (χ1) is 7.85. The summed E-state index contributed by atoms with van der Waals surface area (Å²) in [5.74, 6) is 0. The van der Waals surface area contributed by atoms with Crippen molar-refractivity contribution in [2.45, 2.75) is 70.6 Å². The van der Waals surface area contributed by atoms with Gasteiger partial charge in [-0.3, -0.25) is 0 Å². The zero-order chi connectivity index (χ0) is 13.1. The predicted octanol–water partition coefficient (Wildman–Crippen LogP) is 2.51. The lowest BCUT2D eigenvalue weighted by atomic mass is 9.91. The quantitative estimate of drug-likeness (QED) is 0.827. The molecule has 4 nitrogen and oxygen atoms in total. The Morgan fingerprint density at radius 2 is 1.88 bits per heavy atom. The molecule has 0 aliphatic heterocycles. The molecular formula is C13H26N2O2. The molecule has 0 radical (unpaired) electrons. The van der Waals surface area contributed by atoms with Gasteiger partial charge in [0.25, 0.3) is 0 Å². The standard InChI is InChI=1S/C13H26N2O2/c1-5-13(2,3)17-12(16)15(4)11-8-6-10(14)7-9-11/h10-11H,5-9,14H2,1-4H3/t10-,11+. The summed E-state index contributed by atoms with van der Waals surface area (Å²) in [5.41, 5.74) is 5.48. The first-order valence-corrected chi connectivity index (χ1v) is 6.57. The van der Waals surface area contributed by atoms with E-state index in [2.05, 4.69) is 0 Å². The highest BCUT2D eigenvalue weighted by molar-refractivity contribution is 5.68. The van der Waals surface area contributed by atoms with Gasteiger partial charge in [0.15, 0.2) is 0 Å². The minimum absolute atomic E-state index is 0.211. The number of hydrogen-bond donors (Lipinski definition) is 1. The van der Waals surface area contributed by atoms with Crippen LogP contribution in [0.25, 0.3) is 0 Å². The van der Waals surface area contributed by atoms with E-state index in [-0.39, 0.29) is 17.7 Å². The molecule has 2 N–H and O–H groups in total. The number of ether oxygens (including phenoxy) is 1. The van der Waals surface area contributed by atoms with Gasteiger partial charge in [-0.05, 0) is 46.0 Å². The molecule has 1 saturated carbocycles. The van der Waals surface area contributed by atoms with Crippen LogP contribution in [0.1, 0.15) is 52.9 Å². The maximum absolute atomic E-state index is 12.0. The predicted molar refractivity (Wildman–Crippen MR) is 68.8 cm³/mol. The van der Waals surface area contributed by atoms with Crippen molar-refractivity contribution < 1.29 is 9.53 Å². The Labute approximate surface area is 104 Å². The van der Waals surface area contributed by atoms with Crippen LogP contribution in [0.3, 0.4) is 0 Å². The maximum atomic E-state index is 12.0. The highest BCUT2D eigenvalue weighted by Crippen LogP contribution is 2.23. The number of nitrogens with zero attached hydrogens (tertiary/aromatic N) is 1. The van der Waals surface area contributed by atoms with Crippen molar-refractivity contribution >= 4 is 6.09 Å². The van der Waals surface area contributed by atoms with E-state index in [9.17, 15) is 4.79 Å². The highest BCUT2D eigenvalue weighted by Gasteiger charge is 2.29. The van der Waals surface area contributed by atoms with E-state index >= 15 is 0 Å². The highest BCUT2D eigenvalue weighted by atomic mass is 16.6. The zero-order valence-electron chi connectivity index (χ0n) is 11.5. The fourth-order valence-electron chi connectivity index (χ4n) is 2.02. The molecule has 0 heterocycles. The van der Waals surface area contributed by atoms with E-state index in [1.165, 1.54) is 0 Å². The third-order valence-corrected chi connectivity index (χ3v) is 3.79. The molecule has 1 aliphatic rings. The van der Waals surface area contributed by atoms with Crippen LogP contribution < -0.4 is 5.73 Å². The third kappa shape index (κ3) is 4.19. The summed E-state index contributed by atoms with van der Waals surface area (Å²) in [5, 5.41) is 0. The second-order valence-corrected chi connectivity index (χ2v) is 5.66. The van der Waals surface area contributed by atoms with Crippen molar-refractivity contribution in [2.24, 2.45) is 5.73 Å². The van der Waals surface area contributed by atoms with E-state index in [0.717, 1.165) is 32.1 Å². The second-order valence-electron chi connectivity index (χ2n) is 5.66. The first-order valence-electron chi connectivity index (χ1n) is 6.57. The van der Waals surface area contributed by atoms with Crippen LogP contribution in [0.4, 0.5) is 4.79 Å². The average molecular weight is 242 g/mol. The fraction of sp³-hybridized carbons (Fsp3) is 0.923. The SMILES string of the molecule is CCC(C)(C)OC(=O)N(C)[C@H]1CC[C@@H](N)CC1.